The Morgan fingerprint density at radius 2 is 2.00 bits per heavy atom. The molecule has 3 rings (SSSR count). The summed E-state index contributed by atoms with van der Waals surface area (Å²) in [5.41, 5.74) is 9.39. The Balaban J connectivity index is 1.83. The average Bonchev–Trinajstić information content (AvgIpc) is 3.11. The normalized spacial score (nSPS) is 13.1. The minimum absolute atomic E-state index is 0.0388. The number of halogens is 2. The Labute approximate surface area is 186 Å². The molecule has 3 aromatic rings. The molecule has 1 unspecified atom stereocenters. The predicted molar refractivity (Wildman–Crippen MR) is 120 cm³/mol. The first-order valence-electron chi connectivity index (χ1n) is 9.41. The van der Waals surface area contributed by atoms with Crippen LogP contribution < -0.4 is 5.73 Å². The third-order valence-electron chi connectivity index (χ3n) is 5.15. The summed E-state index contributed by atoms with van der Waals surface area (Å²) < 4.78 is 32.9. The van der Waals surface area contributed by atoms with Crippen molar-refractivity contribution in [2.75, 3.05) is 25.2 Å². The fourth-order valence-electron chi connectivity index (χ4n) is 3.53. The van der Waals surface area contributed by atoms with E-state index in [1.807, 2.05) is 18.4 Å². The smallest absolute Gasteiger partial charge is 0.179 e. The number of aryl methyl sites for hydroxylation is 2. The molecule has 0 radical (unpaired) electrons. The fraction of sp³-hybridized carbons (Fsp3) is 0.400. The number of hydrogen-bond donors (Lipinski definition) is 1. The molecule has 2 heterocycles. The summed E-state index contributed by atoms with van der Waals surface area (Å²) in [6.07, 6.45) is 2.71. The summed E-state index contributed by atoms with van der Waals surface area (Å²) in [7, 11) is -1.92. The van der Waals surface area contributed by atoms with Gasteiger partial charge in [-0.3, -0.25) is 0 Å². The fourth-order valence-corrected chi connectivity index (χ4v) is 5.69. The van der Waals surface area contributed by atoms with Crippen LogP contribution in [0.1, 0.15) is 30.1 Å². The van der Waals surface area contributed by atoms with E-state index in [0.717, 1.165) is 16.8 Å². The highest BCUT2D eigenvalue weighted by molar-refractivity contribution is 7.91. The molecule has 0 saturated heterocycles. The highest BCUT2D eigenvalue weighted by atomic mass is 35.5. The number of anilines is 1. The minimum atomic E-state index is -3.54. The summed E-state index contributed by atoms with van der Waals surface area (Å²) in [6.45, 7) is 4.28. The Bertz CT molecular complexity index is 1180. The van der Waals surface area contributed by atoms with Gasteiger partial charge in [-0.05, 0) is 50.5 Å². The number of nitrogens with two attached hydrogens (primary N) is 1. The monoisotopic (exact) mass is 470 g/mol. The third-order valence-corrected chi connectivity index (χ3v) is 7.67. The van der Waals surface area contributed by atoms with Crippen LogP contribution in [0.3, 0.4) is 0 Å². The van der Waals surface area contributed by atoms with Gasteiger partial charge in [0.1, 0.15) is 5.52 Å². The van der Waals surface area contributed by atoms with Crippen LogP contribution in [0.4, 0.5) is 5.82 Å². The SMILES string of the molecule is COCC(CCCS(=O)(=O)c1ccc(Cl)cc1Cl)n1cnc2c(N)nc(C)c(C)c21. The van der Waals surface area contributed by atoms with E-state index < -0.39 is 9.84 Å². The Morgan fingerprint density at radius 1 is 1.27 bits per heavy atom. The molecule has 2 N–H and O–H groups in total. The van der Waals surface area contributed by atoms with Gasteiger partial charge < -0.3 is 15.0 Å². The largest absolute Gasteiger partial charge is 0.383 e. The third kappa shape index (κ3) is 4.56. The molecule has 1 atom stereocenters. The summed E-state index contributed by atoms with van der Waals surface area (Å²) in [6, 6.07) is 4.30. The van der Waals surface area contributed by atoms with E-state index in [2.05, 4.69) is 9.97 Å². The quantitative estimate of drug-likeness (QED) is 0.524. The zero-order valence-corrected chi connectivity index (χ0v) is 19.4. The number of hydrogen-bond acceptors (Lipinski definition) is 6. The molecule has 0 bridgehead atoms. The lowest BCUT2D eigenvalue weighted by molar-refractivity contribution is 0.152. The predicted octanol–water partition coefficient (Wildman–Crippen LogP) is 4.38. The standard InChI is InChI=1S/C20H24Cl2N4O3S/c1-12-13(2)25-20(23)18-19(12)26(11-24-18)15(10-29-3)5-4-8-30(27,28)17-7-6-14(21)9-16(17)22/h6-7,9,11,15H,4-5,8,10H2,1-3H3,(H2,23,25). The molecule has 0 spiro atoms. The second-order valence-corrected chi connectivity index (χ2v) is 10.1. The van der Waals surface area contributed by atoms with Crippen molar-refractivity contribution >= 4 is 49.9 Å². The van der Waals surface area contributed by atoms with Gasteiger partial charge in [0.15, 0.2) is 15.7 Å². The van der Waals surface area contributed by atoms with E-state index in [4.69, 9.17) is 33.7 Å². The molecule has 10 heteroatoms. The zero-order valence-electron chi connectivity index (χ0n) is 17.0. The number of pyridine rings is 1. The van der Waals surface area contributed by atoms with E-state index in [1.54, 1.807) is 13.4 Å². The number of benzene rings is 1. The van der Waals surface area contributed by atoms with Crippen LogP contribution in [0.15, 0.2) is 29.4 Å². The van der Waals surface area contributed by atoms with Crippen LogP contribution in [-0.4, -0.2) is 42.4 Å². The van der Waals surface area contributed by atoms with Gasteiger partial charge in [-0.2, -0.15) is 0 Å². The van der Waals surface area contributed by atoms with Gasteiger partial charge in [0.05, 0.1) is 40.2 Å². The van der Waals surface area contributed by atoms with E-state index in [1.165, 1.54) is 18.2 Å². The van der Waals surface area contributed by atoms with Gasteiger partial charge in [0, 0.05) is 17.8 Å². The zero-order chi connectivity index (χ0) is 22.1. The van der Waals surface area contributed by atoms with E-state index in [-0.39, 0.29) is 21.7 Å². The van der Waals surface area contributed by atoms with Gasteiger partial charge in [-0.25, -0.2) is 18.4 Å². The number of rotatable bonds is 8. The minimum Gasteiger partial charge on any atom is -0.383 e. The van der Waals surface area contributed by atoms with Crippen molar-refractivity contribution in [3.63, 3.8) is 0 Å². The van der Waals surface area contributed by atoms with Crippen molar-refractivity contribution in [3.05, 3.63) is 45.8 Å². The van der Waals surface area contributed by atoms with Crippen molar-refractivity contribution in [1.29, 1.82) is 0 Å². The van der Waals surface area contributed by atoms with Crippen molar-refractivity contribution in [3.8, 4) is 0 Å². The summed E-state index contributed by atoms with van der Waals surface area (Å²) in [5, 5.41) is 0.524. The highest BCUT2D eigenvalue weighted by Gasteiger charge is 2.22. The van der Waals surface area contributed by atoms with Crippen molar-refractivity contribution in [1.82, 2.24) is 14.5 Å². The molecule has 7 nitrogen and oxygen atoms in total. The van der Waals surface area contributed by atoms with Crippen LogP contribution in [0.25, 0.3) is 11.0 Å². The number of nitrogen functional groups attached to an aromatic ring is 1. The maximum atomic E-state index is 12.7. The van der Waals surface area contributed by atoms with E-state index in [0.29, 0.717) is 35.8 Å². The Hall–Kier alpha value is -1.87. The topological polar surface area (TPSA) is 100 Å². The number of fused-ring (bicyclic) bond motifs is 1. The van der Waals surface area contributed by atoms with E-state index in [9.17, 15) is 8.42 Å². The summed E-state index contributed by atoms with van der Waals surface area (Å²) >= 11 is 12.0. The molecule has 0 saturated carbocycles. The molecule has 30 heavy (non-hydrogen) atoms. The second-order valence-electron chi connectivity index (χ2n) is 7.20. The van der Waals surface area contributed by atoms with Gasteiger partial charge in [-0.15, -0.1) is 0 Å². The highest BCUT2D eigenvalue weighted by Crippen LogP contribution is 2.30. The maximum absolute atomic E-state index is 12.7. The molecule has 0 aliphatic carbocycles. The van der Waals surface area contributed by atoms with Crippen LogP contribution in [-0.2, 0) is 14.6 Å². The van der Waals surface area contributed by atoms with Gasteiger partial charge in [0.25, 0.3) is 0 Å². The van der Waals surface area contributed by atoms with Gasteiger partial charge in [-0.1, -0.05) is 23.2 Å². The molecule has 0 amide bonds. The molecule has 2 aromatic heterocycles. The number of nitrogens with zero attached hydrogens (tertiary/aromatic N) is 3. The van der Waals surface area contributed by atoms with Crippen LogP contribution in [0.2, 0.25) is 10.0 Å². The van der Waals surface area contributed by atoms with Crippen molar-refractivity contribution in [2.45, 2.75) is 37.6 Å². The summed E-state index contributed by atoms with van der Waals surface area (Å²) in [5.74, 6) is 0.339. The first-order chi connectivity index (χ1) is 14.2. The lowest BCUT2D eigenvalue weighted by Crippen LogP contribution is -2.17. The number of imidazole rings is 1. The maximum Gasteiger partial charge on any atom is 0.179 e. The molecule has 1 aromatic carbocycles. The average molecular weight is 471 g/mol. The number of aromatic nitrogens is 3. The Morgan fingerprint density at radius 3 is 2.67 bits per heavy atom. The first-order valence-corrected chi connectivity index (χ1v) is 11.8. The lowest BCUT2D eigenvalue weighted by atomic mass is 10.1. The number of sulfone groups is 1. The van der Waals surface area contributed by atoms with Gasteiger partial charge >= 0.3 is 0 Å². The van der Waals surface area contributed by atoms with Crippen molar-refractivity contribution in [2.24, 2.45) is 0 Å². The van der Waals surface area contributed by atoms with Gasteiger partial charge in [0.2, 0.25) is 0 Å². The Kier molecular flexibility index (Phi) is 6.91. The summed E-state index contributed by atoms with van der Waals surface area (Å²) in [4.78, 5) is 8.84. The van der Waals surface area contributed by atoms with Crippen LogP contribution in [0, 0.1) is 13.8 Å². The lowest BCUT2D eigenvalue weighted by Gasteiger charge is -2.20. The molecular formula is C20H24Cl2N4O3S. The molecule has 162 valence electrons. The number of methoxy groups -OCH3 is 1. The molecule has 0 aliphatic heterocycles. The first kappa shape index (κ1) is 22.8. The molecular weight excluding hydrogens is 447 g/mol. The van der Waals surface area contributed by atoms with Crippen LogP contribution >= 0.6 is 23.2 Å². The second kappa shape index (κ2) is 9.09. The molecule has 0 aliphatic rings. The number of ether oxygens (including phenoxy) is 1. The van der Waals surface area contributed by atoms with E-state index >= 15 is 0 Å². The van der Waals surface area contributed by atoms with Crippen LogP contribution in [0.5, 0.6) is 0 Å². The van der Waals surface area contributed by atoms with Crippen molar-refractivity contribution < 1.29 is 13.2 Å². The molecule has 0 fully saturated rings.